The van der Waals surface area contributed by atoms with Crippen LogP contribution in [0.15, 0.2) is 42.5 Å². The van der Waals surface area contributed by atoms with E-state index in [2.05, 4.69) is 22.3 Å². The van der Waals surface area contributed by atoms with Gasteiger partial charge in [0.2, 0.25) is 0 Å². The number of aryl methyl sites for hydroxylation is 1. The molecule has 1 aromatic heterocycles. The summed E-state index contributed by atoms with van der Waals surface area (Å²) in [4.78, 5) is 23.8. The van der Waals surface area contributed by atoms with E-state index in [1.54, 1.807) is 12.1 Å². The van der Waals surface area contributed by atoms with E-state index in [1.165, 1.54) is 0 Å². The van der Waals surface area contributed by atoms with Crippen LogP contribution in [-0.2, 0) is 4.74 Å². The van der Waals surface area contributed by atoms with Crippen LogP contribution < -0.4 is 10.2 Å². The van der Waals surface area contributed by atoms with E-state index in [0.717, 1.165) is 41.8 Å². The molecule has 2 N–H and O–H groups in total. The van der Waals surface area contributed by atoms with Gasteiger partial charge >= 0.3 is 6.09 Å². The van der Waals surface area contributed by atoms with E-state index < -0.39 is 0 Å². The molecule has 7 heteroatoms. The van der Waals surface area contributed by atoms with Crippen molar-refractivity contribution in [2.75, 3.05) is 31.1 Å². The molecule has 4 rings (SSSR count). The molecule has 1 aliphatic rings. The summed E-state index contributed by atoms with van der Waals surface area (Å²) >= 11 is 0. The Labute approximate surface area is 188 Å². The molecule has 1 saturated heterocycles. The minimum absolute atomic E-state index is 0.161. The van der Waals surface area contributed by atoms with Crippen molar-refractivity contribution < 1.29 is 14.6 Å². The number of nitrogens with zero attached hydrogens (tertiary/aromatic N) is 3. The molecule has 0 saturated carbocycles. The van der Waals surface area contributed by atoms with Crippen LogP contribution in [0.2, 0.25) is 0 Å². The number of aromatic hydroxyl groups is 1. The molecule has 2 heterocycles. The van der Waals surface area contributed by atoms with Crippen LogP contribution in [0.5, 0.6) is 5.75 Å². The smallest absolute Gasteiger partial charge is 0.407 e. The predicted octanol–water partition coefficient (Wildman–Crippen LogP) is 4.52. The van der Waals surface area contributed by atoms with Gasteiger partial charge in [0.25, 0.3) is 0 Å². The van der Waals surface area contributed by atoms with E-state index >= 15 is 0 Å². The fourth-order valence-electron chi connectivity index (χ4n) is 3.96. The molecule has 0 spiro atoms. The largest absolute Gasteiger partial charge is 0.507 e. The lowest BCUT2D eigenvalue weighted by atomic mass is 10.1. The number of anilines is 1. The molecule has 1 atom stereocenters. The maximum absolute atomic E-state index is 11.9. The zero-order valence-corrected chi connectivity index (χ0v) is 18.8. The third-order valence-corrected chi connectivity index (χ3v) is 5.65. The van der Waals surface area contributed by atoms with Crippen LogP contribution in [0, 0.1) is 18.8 Å². The first-order chi connectivity index (χ1) is 15.4. The minimum Gasteiger partial charge on any atom is -0.507 e. The average Bonchev–Trinajstić information content (AvgIpc) is 3.24. The summed E-state index contributed by atoms with van der Waals surface area (Å²) in [6.45, 7) is 8.68. The Morgan fingerprint density at radius 2 is 2.06 bits per heavy atom. The molecule has 7 nitrogen and oxygen atoms in total. The lowest BCUT2D eigenvalue weighted by Gasteiger charge is -2.21. The number of hydrogen-bond acceptors (Lipinski definition) is 6. The average molecular weight is 435 g/mol. The Morgan fingerprint density at radius 3 is 2.84 bits per heavy atom. The summed E-state index contributed by atoms with van der Waals surface area (Å²) in [6, 6.07) is 13.3. The third-order valence-electron chi connectivity index (χ3n) is 5.65. The first kappa shape index (κ1) is 21.9. The quantitative estimate of drug-likeness (QED) is 0.593. The summed E-state index contributed by atoms with van der Waals surface area (Å²) in [6.07, 6.45) is 0.593. The lowest BCUT2D eigenvalue weighted by Crippen LogP contribution is -2.32. The maximum atomic E-state index is 11.9. The summed E-state index contributed by atoms with van der Waals surface area (Å²) in [5, 5.41) is 14.2. The van der Waals surface area contributed by atoms with Crippen molar-refractivity contribution in [1.29, 1.82) is 0 Å². The summed E-state index contributed by atoms with van der Waals surface area (Å²) in [5.41, 5.74) is 2.59. The Morgan fingerprint density at radius 1 is 1.25 bits per heavy atom. The van der Waals surface area contributed by atoms with Gasteiger partial charge in [-0.1, -0.05) is 32.0 Å². The summed E-state index contributed by atoms with van der Waals surface area (Å²) < 4.78 is 5.21. The molecule has 1 aliphatic heterocycles. The van der Waals surface area contributed by atoms with Crippen LogP contribution in [0.25, 0.3) is 22.3 Å². The van der Waals surface area contributed by atoms with Gasteiger partial charge in [0, 0.05) is 25.0 Å². The fraction of sp³-hybridized carbons (Fsp3) is 0.400. The Kier molecular flexibility index (Phi) is 6.44. The van der Waals surface area contributed by atoms with Crippen LogP contribution in [-0.4, -0.2) is 47.4 Å². The second-order valence-corrected chi connectivity index (χ2v) is 8.88. The molecular formula is C25H30N4O3. The van der Waals surface area contributed by atoms with Gasteiger partial charge in [0.05, 0.1) is 17.7 Å². The van der Waals surface area contributed by atoms with Gasteiger partial charge in [-0.2, -0.15) is 0 Å². The van der Waals surface area contributed by atoms with Crippen LogP contribution in [0.4, 0.5) is 10.6 Å². The van der Waals surface area contributed by atoms with E-state index in [0.29, 0.717) is 36.4 Å². The van der Waals surface area contributed by atoms with Gasteiger partial charge in [-0.3, -0.25) is 0 Å². The number of amides is 1. The number of ether oxygens (including phenoxy) is 1. The molecule has 0 unspecified atom stereocenters. The van der Waals surface area contributed by atoms with Gasteiger partial charge in [-0.15, -0.1) is 0 Å². The summed E-state index contributed by atoms with van der Waals surface area (Å²) in [7, 11) is 0. The minimum atomic E-state index is -0.359. The number of rotatable bonds is 6. The zero-order valence-electron chi connectivity index (χ0n) is 18.8. The van der Waals surface area contributed by atoms with E-state index in [4.69, 9.17) is 14.7 Å². The normalized spacial score (nSPS) is 16.0. The fourth-order valence-corrected chi connectivity index (χ4v) is 3.96. The van der Waals surface area contributed by atoms with Gasteiger partial charge in [0.15, 0.2) is 5.82 Å². The summed E-state index contributed by atoms with van der Waals surface area (Å²) in [5.74, 6) is 2.16. The van der Waals surface area contributed by atoms with Gasteiger partial charge < -0.3 is 20.1 Å². The molecule has 1 fully saturated rings. The van der Waals surface area contributed by atoms with Crippen molar-refractivity contribution >= 4 is 22.8 Å². The van der Waals surface area contributed by atoms with Gasteiger partial charge in [-0.25, -0.2) is 14.8 Å². The molecule has 32 heavy (non-hydrogen) atoms. The second-order valence-electron chi connectivity index (χ2n) is 8.88. The van der Waals surface area contributed by atoms with E-state index in [9.17, 15) is 9.90 Å². The molecule has 2 aromatic carbocycles. The number of phenolic OH excluding ortho intramolecular Hbond substituents is 1. The van der Waals surface area contributed by atoms with Gasteiger partial charge in [-0.05, 0) is 55.0 Å². The van der Waals surface area contributed by atoms with Gasteiger partial charge in [0.1, 0.15) is 11.6 Å². The van der Waals surface area contributed by atoms with Crippen molar-refractivity contribution in [2.45, 2.75) is 27.2 Å². The Balaban J connectivity index is 1.56. The first-order valence-electron chi connectivity index (χ1n) is 11.1. The molecule has 0 aliphatic carbocycles. The highest BCUT2D eigenvalue weighted by molar-refractivity contribution is 5.92. The highest BCUT2D eigenvalue weighted by Gasteiger charge is 2.26. The van der Waals surface area contributed by atoms with E-state index in [-0.39, 0.29) is 11.8 Å². The number of para-hydroxylation sites is 1. The van der Waals surface area contributed by atoms with Crippen LogP contribution in [0.1, 0.15) is 25.8 Å². The van der Waals surface area contributed by atoms with Crippen molar-refractivity contribution in [2.24, 2.45) is 11.8 Å². The number of aromatic nitrogens is 2. The molecular weight excluding hydrogens is 404 g/mol. The standard InChI is InChI=1S/C25H30N4O3/c1-16(2)15-32-25(31)26-13-18-10-11-29(14-18)24-19-9-8-17(3)12-21(19)27-23(28-24)20-6-4-5-7-22(20)30/h4-9,12,16,18,30H,10-11,13-15H2,1-3H3,(H,26,31)/t18-/m0/s1. The molecule has 168 valence electrons. The zero-order chi connectivity index (χ0) is 22.7. The molecule has 1 amide bonds. The highest BCUT2D eigenvalue weighted by atomic mass is 16.5. The van der Waals surface area contributed by atoms with Crippen LogP contribution in [0.3, 0.4) is 0 Å². The molecule has 0 bridgehead atoms. The first-order valence-corrected chi connectivity index (χ1v) is 11.1. The molecule has 3 aromatic rings. The third kappa shape index (κ3) is 4.93. The lowest BCUT2D eigenvalue weighted by molar-refractivity contribution is 0.132. The second kappa shape index (κ2) is 9.42. The number of carbonyl (C=O) groups excluding carboxylic acids is 1. The number of benzene rings is 2. The number of phenols is 1. The maximum Gasteiger partial charge on any atom is 0.407 e. The van der Waals surface area contributed by atoms with Crippen molar-refractivity contribution in [1.82, 2.24) is 15.3 Å². The topological polar surface area (TPSA) is 87.6 Å². The SMILES string of the molecule is Cc1ccc2c(N3CC[C@@H](CNC(=O)OCC(C)C)C3)nc(-c3ccccc3O)nc2c1. The molecule has 0 radical (unpaired) electrons. The Bertz CT molecular complexity index is 1120. The van der Waals surface area contributed by atoms with Crippen molar-refractivity contribution in [3.63, 3.8) is 0 Å². The van der Waals surface area contributed by atoms with Crippen molar-refractivity contribution in [3.8, 4) is 17.1 Å². The van der Waals surface area contributed by atoms with Crippen LogP contribution >= 0.6 is 0 Å². The predicted molar refractivity (Wildman–Crippen MR) is 126 cm³/mol. The number of nitrogens with one attached hydrogen (secondary N) is 1. The highest BCUT2D eigenvalue weighted by Crippen LogP contribution is 2.33. The van der Waals surface area contributed by atoms with Crippen molar-refractivity contribution in [3.05, 3.63) is 48.0 Å². The number of carbonyl (C=O) groups is 1. The monoisotopic (exact) mass is 434 g/mol. The number of hydrogen-bond donors (Lipinski definition) is 2. The number of fused-ring (bicyclic) bond motifs is 1. The number of alkyl carbamates (subject to hydrolysis) is 1. The Hall–Kier alpha value is -3.35. The van der Waals surface area contributed by atoms with E-state index in [1.807, 2.05) is 39.0 Å².